The van der Waals surface area contributed by atoms with E-state index in [4.69, 9.17) is 0 Å². The van der Waals surface area contributed by atoms with Crippen molar-refractivity contribution in [3.63, 3.8) is 0 Å². The van der Waals surface area contributed by atoms with E-state index < -0.39 is 10.0 Å². The number of nitrogens with zero attached hydrogens (tertiary/aromatic N) is 1. The van der Waals surface area contributed by atoms with Gasteiger partial charge < -0.3 is 4.74 Å². The van der Waals surface area contributed by atoms with Gasteiger partial charge in [0.1, 0.15) is 0 Å². The van der Waals surface area contributed by atoms with Crippen LogP contribution in [0.25, 0.3) is 0 Å². The Hall–Kier alpha value is -1.56. The maximum Gasteiger partial charge on any atom is 0.309 e. The number of fused-ring (bicyclic) bond motifs is 1. The molecule has 2 rings (SSSR count). The van der Waals surface area contributed by atoms with E-state index in [0.717, 1.165) is 11.1 Å². The van der Waals surface area contributed by atoms with Crippen LogP contribution >= 0.6 is 0 Å². The molecule has 0 spiro atoms. The Labute approximate surface area is 100 Å². The van der Waals surface area contributed by atoms with E-state index in [1.54, 1.807) is 18.2 Å². The van der Waals surface area contributed by atoms with Crippen LogP contribution in [0, 0.1) is 0 Å². The average Bonchev–Trinajstić information content (AvgIpc) is 2.51. The van der Waals surface area contributed by atoms with Crippen LogP contribution in [0.4, 0.5) is 5.69 Å². The van der Waals surface area contributed by atoms with Crippen molar-refractivity contribution in [1.29, 1.82) is 0 Å². The monoisotopic (exact) mass is 255 g/mol. The Balaban J connectivity index is 2.34. The Morgan fingerprint density at radius 3 is 2.82 bits per heavy atom. The van der Waals surface area contributed by atoms with Crippen molar-refractivity contribution in [1.82, 2.24) is 0 Å². The number of esters is 1. The SMILES string of the molecule is COC(=O)Cc1ccc2c(c1)N(C)S(=O)(=O)C2. The van der Waals surface area contributed by atoms with Crippen LogP contribution in [0.2, 0.25) is 0 Å². The summed E-state index contributed by atoms with van der Waals surface area (Å²) in [7, 11) is -0.375. The number of carbonyl (C=O) groups excluding carboxylic acids is 1. The molecule has 0 saturated carbocycles. The van der Waals surface area contributed by atoms with Crippen molar-refractivity contribution in [3.8, 4) is 0 Å². The number of benzene rings is 1. The number of carbonyl (C=O) groups is 1. The number of hydrogen-bond donors (Lipinski definition) is 0. The van der Waals surface area contributed by atoms with Gasteiger partial charge in [-0.05, 0) is 17.2 Å². The molecule has 0 N–H and O–H groups in total. The van der Waals surface area contributed by atoms with E-state index in [1.165, 1.54) is 18.5 Å². The van der Waals surface area contributed by atoms with Crippen molar-refractivity contribution >= 4 is 21.7 Å². The summed E-state index contributed by atoms with van der Waals surface area (Å²) in [5.41, 5.74) is 2.16. The molecule has 1 heterocycles. The minimum atomic E-state index is -3.22. The van der Waals surface area contributed by atoms with Gasteiger partial charge in [0, 0.05) is 7.05 Å². The summed E-state index contributed by atoms with van der Waals surface area (Å²) in [6, 6.07) is 5.22. The highest BCUT2D eigenvalue weighted by Gasteiger charge is 2.30. The maximum atomic E-state index is 11.6. The minimum absolute atomic E-state index is 0.0251. The molecule has 92 valence electrons. The zero-order valence-electron chi connectivity index (χ0n) is 9.63. The third-order valence-electron chi connectivity index (χ3n) is 2.82. The Morgan fingerprint density at radius 2 is 2.18 bits per heavy atom. The molecule has 5 nitrogen and oxygen atoms in total. The number of hydrogen-bond acceptors (Lipinski definition) is 4. The zero-order chi connectivity index (χ0) is 12.6. The predicted molar refractivity (Wildman–Crippen MR) is 63.2 cm³/mol. The topological polar surface area (TPSA) is 63.7 Å². The number of sulfonamides is 1. The molecule has 0 atom stereocenters. The lowest BCUT2D eigenvalue weighted by Gasteiger charge is -2.11. The van der Waals surface area contributed by atoms with Gasteiger partial charge in [-0.15, -0.1) is 0 Å². The third kappa shape index (κ3) is 2.12. The molecule has 0 bridgehead atoms. The van der Waals surface area contributed by atoms with E-state index in [-0.39, 0.29) is 18.1 Å². The molecule has 0 fully saturated rings. The van der Waals surface area contributed by atoms with Gasteiger partial charge in [0.05, 0.1) is 25.0 Å². The van der Waals surface area contributed by atoms with E-state index in [0.29, 0.717) is 5.69 Å². The second kappa shape index (κ2) is 4.03. The summed E-state index contributed by atoms with van der Waals surface area (Å²) >= 11 is 0. The van der Waals surface area contributed by atoms with Gasteiger partial charge in [0.25, 0.3) is 0 Å². The summed E-state index contributed by atoms with van der Waals surface area (Å²) in [5, 5.41) is 0. The summed E-state index contributed by atoms with van der Waals surface area (Å²) in [6.07, 6.45) is 0.150. The first kappa shape index (κ1) is 11.9. The van der Waals surface area contributed by atoms with Crippen molar-refractivity contribution in [2.45, 2.75) is 12.2 Å². The first-order valence-electron chi connectivity index (χ1n) is 5.09. The second-order valence-electron chi connectivity index (χ2n) is 3.94. The highest BCUT2D eigenvalue weighted by molar-refractivity contribution is 7.92. The number of ether oxygens (including phenoxy) is 1. The molecule has 1 aromatic rings. The predicted octanol–water partition coefficient (Wildman–Crippen LogP) is 0.682. The zero-order valence-corrected chi connectivity index (χ0v) is 10.5. The maximum absolute atomic E-state index is 11.6. The van der Waals surface area contributed by atoms with Crippen LogP contribution < -0.4 is 4.31 Å². The Bertz CT molecular complexity index is 565. The fraction of sp³-hybridized carbons (Fsp3) is 0.364. The van der Waals surface area contributed by atoms with E-state index in [9.17, 15) is 13.2 Å². The molecule has 0 unspecified atom stereocenters. The minimum Gasteiger partial charge on any atom is -0.469 e. The quantitative estimate of drug-likeness (QED) is 0.729. The van der Waals surface area contributed by atoms with Gasteiger partial charge in [0.2, 0.25) is 10.0 Å². The second-order valence-corrected chi connectivity index (χ2v) is 5.94. The molecule has 0 amide bonds. The molecule has 0 aliphatic carbocycles. The summed E-state index contributed by atoms with van der Waals surface area (Å²) in [6.45, 7) is 0. The standard InChI is InChI=1S/C11H13NO4S/c1-12-10-5-8(6-11(13)16-2)3-4-9(10)7-17(12,14)15/h3-5H,6-7H2,1-2H3. The molecule has 1 aromatic carbocycles. The van der Waals surface area contributed by atoms with Gasteiger partial charge in [0.15, 0.2) is 0 Å². The Kier molecular flexibility index (Phi) is 2.82. The van der Waals surface area contributed by atoms with Crippen LogP contribution in [0.5, 0.6) is 0 Å². The molecule has 17 heavy (non-hydrogen) atoms. The molecular weight excluding hydrogens is 242 g/mol. The molecule has 6 heteroatoms. The number of anilines is 1. The summed E-state index contributed by atoms with van der Waals surface area (Å²) < 4.78 is 29.1. The summed E-state index contributed by atoms with van der Waals surface area (Å²) in [4.78, 5) is 11.1. The van der Waals surface area contributed by atoms with Crippen LogP contribution in [-0.2, 0) is 31.7 Å². The molecule has 0 aromatic heterocycles. The van der Waals surface area contributed by atoms with Gasteiger partial charge >= 0.3 is 5.97 Å². The van der Waals surface area contributed by atoms with Crippen LogP contribution in [0.15, 0.2) is 18.2 Å². The van der Waals surface area contributed by atoms with E-state index in [2.05, 4.69) is 4.74 Å². The first-order valence-corrected chi connectivity index (χ1v) is 6.70. The third-order valence-corrected chi connectivity index (χ3v) is 4.53. The Morgan fingerprint density at radius 1 is 1.47 bits per heavy atom. The lowest BCUT2D eigenvalue weighted by molar-refractivity contribution is -0.139. The van der Waals surface area contributed by atoms with Gasteiger partial charge in [-0.2, -0.15) is 0 Å². The fourth-order valence-corrected chi connectivity index (χ4v) is 3.12. The molecule has 0 saturated heterocycles. The van der Waals surface area contributed by atoms with E-state index >= 15 is 0 Å². The molecular formula is C11H13NO4S. The van der Waals surface area contributed by atoms with Gasteiger partial charge in [-0.3, -0.25) is 9.10 Å². The molecule has 1 aliphatic heterocycles. The van der Waals surface area contributed by atoms with Crippen molar-refractivity contribution in [2.24, 2.45) is 0 Å². The number of rotatable bonds is 2. The average molecular weight is 255 g/mol. The number of methoxy groups -OCH3 is 1. The van der Waals surface area contributed by atoms with Crippen molar-refractivity contribution in [3.05, 3.63) is 29.3 Å². The smallest absolute Gasteiger partial charge is 0.309 e. The highest BCUT2D eigenvalue weighted by atomic mass is 32.2. The van der Waals surface area contributed by atoms with Crippen molar-refractivity contribution < 1.29 is 17.9 Å². The molecule has 1 aliphatic rings. The first-order chi connectivity index (χ1) is 7.94. The van der Waals surface area contributed by atoms with Gasteiger partial charge in [-0.1, -0.05) is 12.1 Å². The largest absolute Gasteiger partial charge is 0.469 e. The normalized spacial score (nSPS) is 16.7. The lowest BCUT2D eigenvalue weighted by Crippen LogP contribution is -2.21. The van der Waals surface area contributed by atoms with Crippen molar-refractivity contribution in [2.75, 3.05) is 18.5 Å². The van der Waals surface area contributed by atoms with Crippen LogP contribution in [0.1, 0.15) is 11.1 Å². The highest BCUT2D eigenvalue weighted by Crippen LogP contribution is 2.32. The summed E-state index contributed by atoms with van der Waals surface area (Å²) in [5.74, 6) is -0.314. The lowest BCUT2D eigenvalue weighted by atomic mass is 10.1. The van der Waals surface area contributed by atoms with E-state index in [1.807, 2.05) is 0 Å². The van der Waals surface area contributed by atoms with Crippen LogP contribution in [-0.4, -0.2) is 28.5 Å². The van der Waals surface area contributed by atoms with Crippen LogP contribution in [0.3, 0.4) is 0 Å². The van der Waals surface area contributed by atoms with Gasteiger partial charge in [-0.25, -0.2) is 8.42 Å². The fourth-order valence-electron chi connectivity index (χ4n) is 1.82. The molecule has 0 radical (unpaired) electrons.